The monoisotopic (exact) mass is 246 g/mol. The molecular formula is C8H14BrF3. The Bertz CT molecular complexity index is 111. The number of halogens is 4. The third-order valence-corrected chi connectivity index (χ3v) is 2.36. The van der Waals surface area contributed by atoms with Crippen molar-refractivity contribution in [2.45, 2.75) is 50.0 Å². The van der Waals surface area contributed by atoms with Crippen LogP contribution in [0.4, 0.5) is 13.2 Å². The van der Waals surface area contributed by atoms with Gasteiger partial charge in [0.1, 0.15) is 0 Å². The van der Waals surface area contributed by atoms with E-state index in [9.17, 15) is 13.2 Å². The van der Waals surface area contributed by atoms with E-state index in [-0.39, 0.29) is 0 Å². The van der Waals surface area contributed by atoms with Gasteiger partial charge in [-0.15, -0.1) is 0 Å². The second-order valence-corrected chi connectivity index (χ2v) is 4.21. The van der Waals surface area contributed by atoms with E-state index in [2.05, 4.69) is 15.9 Å². The first kappa shape index (κ1) is 12.3. The summed E-state index contributed by atoms with van der Waals surface area (Å²) < 4.78 is 35.4. The first-order valence-electron chi connectivity index (χ1n) is 4.16. The number of hydrogen-bond acceptors (Lipinski definition) is 0. The molecular weight excluding hydrogens is 233 g/mol. The van der Waals surface area contributed by atoms with E-state index < -0.39 is 17.4 Å². The summed E-state index contributed by atoms with van der Waals surface area (Å²) in [6, 6.07) is 0. The van der Waals surface area contributed by atoms with Crippen LogP contribution in [0.2, 0.25) is 0 Å². The van der Waals surface area contributed by atoms with Crippen LogP contribution in [0.3, 0.4) is 0 Å². The summed E-state index contributed by atoms with van der Waals surface area (Å²) in [5, 5.41) is 0. The molecule has 0 fully saturated rings. The topological polar surface area (TPSA) is 0 Å². The predicted molar refractivity (Wildman–Crippen MR) is 47.5 cm³/mol. The van der Waals surface area contributed by atoms with Gasteiger partial charge >= 0.3 is 6.18 Å². The molecule has 0 bridgehead atoms. The fraction of sp³-hybridized carbons (Fsp3) is 1.00. The van der Waals surface area contributed by atoms with Gasteiger partial charge in [0.05, 0.1) is 6.42 Å². The van der Waals surface area contributed by atoms with E-state index in [0.29, 0.717) is 6.42 Å². The van der Waals surface area contributed by atoms with Crippen molar-refractivity contribution in [1.29, 1.82) is 0 Å². The van der Waals surface area contributed by atoms with Crippen molar-refractivity contribution in [3.8, 4) is 0 Å². The highest BCUT2D eigenvalue weighted by Gasteiger charge is 2.30. The Morgan fingerprint density at radius 2 is 1.83 bits per heavy atom. The first-order chi connectivity index (χ1) is 5.45. The zero-order valence-corrected chi connectivity index (χ0v) is 8.71. The molecule has 0 rings (SSSR count). The summed E-state index contributed by atoms with van der Waals surface area (Å²) in [5.41, 5.74) is 0. The van der Waals surface area contributed by atoms with Crippen LogP contribution in [-0.4, -0.2) is 11.0 Å². The second kappa shape index (κ2) is 5.84. The smallest absolute Gasteiger partial charge is 0.171 e. The van der Waals surface area contributed by atoms with Gasteiger partial charge in [-0.3, -0.25) is 0 Å². The van der Waals surface area contributed by atoms with Gasteiger partial charge in [0.15, 0.2) is 0 Å². The van der Waals surface area contributed by atoms with E-state index in [1.807, 2.05) is 6.92 Å². The quantitative estimate of drug-likeness (QED) is 0.502. The Morgan fingerprint density at radius 1 is 1.25 bits per heavy atom. The van der Waals surface area contributed by atoms with E-state index in [1.54, 1.807) is 0 Å². The van der Waals surface area contributed by atoms with Gasteiger partial charge in [-0.1, -0.05) is 42.1 Å². The summed E-state index contributed by atoms with van der Waals surface area (Å²) in [5.74, 6) is 0. The molecule has 0 saturated heterocycles. The summed E-state index contributed by atoms with van der Waals surface area (Å²) in [6.45, 7) is 2.03. The molecule has 0 aromatic heterocycles. The van der Waals surface area contributed by atoms with E-state index in [4.69, 9.17) is 0 Å². The fourth-order valence-electron chi connectivity index (χ4n) is 0.969. The molecule has 0 nitrogen and oxygen atoms in total. The molecule has 74 valence electrons. The minimum Gasteiger partial charge on any atom is -0.171 e. The summed E-state index contributed by atoms with van der Waals surface area (Å²) in [6.07, 6.45) is -1.18. The molecule has 0 aromatic rings. The zero-order chi connectivity index (χ0) is 9.61. The lowest BCUT2D eigenvalue weighted by molar-refractivity contribution is -0.134. The van der Waals surface area contributed by atoms with Crippen molar-refractivity contribution < 1.29 is 13.2 Å². The summed E-state index contributed by atoms with van der Waals surface area (Å²) in [4.78, 5) is -0.399. The number of unbranched alkanes of at least 4 members (excludes halogenated alkanes) is 2. The van der Waals surface area contributed by atoms with Crippen LogP contribution < -0.4 is 0 Å². The SMILES string of the molecule is CCCCCC(Br)CC(F)(F)F. The molecule has 0 radical (unpaired) electrons. The molecule has 0 saturated carbocycles. The maximum atomic E-state index is 11.8. The zero-order valence-electron chi connectivity index (χ0n) is 7.12. The molecule has 1 atom stereocenters. The predicted octanol–water partition coefficient (Wildman–Crippen LogP) is 4.28. The highest BCUT2D eigenvalue weighted by molar-refractivity contribution is 9.09. The molecule has 0 spiro atoms. The third kappa shape index (κ3) is 8.37. The first-order valence-corrected chi connectivity index (χ1v) is 5.08. The van der Waals surface area contributed by atoms with Crippen LogP contribution in [0.15, 0.2) is 0 Å². The Balaban J connectivity index is 3.40. The van der Waals surface area contributed by atoms with E-state index >= 15 is 0 Å². The van der Waals surface area contributed by atoms with Gasteiger partial charge in [0.2, 0.25) is 0 Å². The number of hydrogen-bond donors (Lipinski definition) is 0. The van der Waals surface area contributed by atoms with Gasteiger partial charge in [-0.25, -0.2) is 0 Å². The summed E-state index contributed by atoms with van der Waals surface area (Å²) in [7, 11) is 0. The van der Waals surface area contributed by atoms with E-state index in [0.717, 1.165) is 19.3 Å². The van der Waals surface area contributed by atoms with Crippen molar-refractivity contribution >= 4 is 15.9 Å². The summed E-state index contributed by atoms with van der Waals surface area (Å²) >= 11 is 3.02. The highest BCUT2D eigenvalue weighted by Crippen LogP contribution is 2.27. The van der Waals surface area contributed by atoms with Crippen LogP contribution >= 0.6 is 15.9 Å². The molecule has 4 heteroatoms. The van der Waals surface area contributed by atoms with Gasteiger partial charge < -0.3 is 0 Å². The Hall–Kier alpha value is 0.270. The number of rotatable bonds is 5. The molecule has 0 aromatic carbocycles. The van der Waals surface area contributed by atoms with Crippen molar-refractivity contribution in [3.63, 3.8) is 0 Å². The van der Waals surface area contributed by atoms with Crippen molar-refractivity contribution in [2.75, 3.05) is 0 Å². The van der Waals surface area contributed by atoms with Crippen LogP contribution in [0.25, 0.3) is 0 Å². The highest BCUT2D eigenvalue weighted by atomic mass is 79.9. The van der Waals surface area contributed by atoms with Gasteiger partial charge in [0.25, 0.3) is 0 Å². The molecule has 1 unspecified atom stereocenters. The van der Waals surface area contributed by atoms with Gasteiger partial charge in [-0.05, 0) is 6.42 Å². The standard InChI is InChI=1S/C8H14BrF3/c1-2-3-4-5-7(9)6-8(10,11)12/h7H,2-6H2,1H3. The lowest BCUT2D eigenvalue weighted by Crippen LogP contribution is -2.14. The van der Waals surface area contributed by atoms with Crippen molar-refractivity contribution in [2.24, 2.45) is 0 Å². The number of alkyl halides is 4. The maximum Gasteiger partial charge on any atom is 0.390 e. The van der Waals surface area contributed by atoms with Crippen LogP contribution in [-0.2, 0) is 0 Å². The van der Waals surface area contributed by atoms with Crippen LogP contribution in [0.5, 0.6) is 0 Å². The largest absolute Gasteiger partial charge is 0.390 e. The molecule has 0 amide bonds. The lowest BCUT2D eigenvalue weighted by Gasteiger charge is -2.11. The van der Waals surface area contributed by atoms with Crippen LogP contribution in [0.1, 0.15) is 39.0 Å². The van der Waals surface area contributed by atoms with E-state index in [1.165, 1.54) is 0 Å². The maximum absolute atomic E-state index is 11.8. The minimum atomic E-state index is -4.03. The van der Waals surface area contributed by atoms with Gasteiger partial charge in [-0.2, -0.15) is 13.2 Å². The fourth-order valence-corrected chi connectivity index (χ4v) is 1.66. The lowest BCUT2D eigenvalue weighted by atomic mass is 10.1. The molecule has 0 N–H and O–H groups in total. The van der Waals surface area contributed by atoms with Crippen LogP contribution in [0, 0.1) is 0 Å². The average molecular weight is 247 g/mol. The Kier molecular flexibility index (Phi) is 5.97. The molecule has 0 aliphatic heterocycles. The Morgan fingerprint density at radius 3 is 2.25 bits per heavy atom. The molecule has 0 heterocycles. The average Bonchev–Trinajstić information content (AvgIpc) is 1.84. The molecule has 0 aliphatic carbocycles. The normalized spacial score (nSPS) is 14.8. The van der Waals surface area contributed by atoms with Crippen molar-refractivity contribution in [1.82, 2.24) is 0 Å². The second-order valence-electron chi connectivity index (χ2n) is 2.91. The third-order valence-electron chi connectivity index (χ3n) is 1.57. The molecule has 0 aliphatic rings. The Labute approximate surface area is 79.7 Å². The van der Waals surface area contributed by atoms with Gasteiger partial charge in [0, 0.05) is 4.83 Å². The minimum absolute atomic E-state index is 0.399. The van der Waals surface area contributed by atoms with Crippen molar-refractivity contribution in [3.05, 3.63) is 0 Å². The molecule has 12 heavy (non-hydrogen) atoms.